The van der Waals surface area contributed by atoms with Crippen LogP contribution >= 0.6 is 0 Å². The molecule has 0 spiro atoms. The molecular formula is C23H31N5O3. The average Bonchev–Trinajstić information content (AvgIpc) is 2.77. The minimum absolute atomic E-state index is 0.250. The standard InChI is InChI=1S/C23H31N5O3/c29-23(30)21(26-14-19-7-10-24-15-27-19)8-11-31-20-12-16(13-20)3-5-18-6-4-17-2-1-9-25-22(17)28-18/h4,6-7,10,15-16,20-21,26H,1-3,5,8-9,11-14H2,(H,25,28)(H,29,30). The van der Waals surface area contributed by atoms with Crippen molar-refractivity contribution in [3.63, 3.8) is 0 Å². The number of carboxylic acid groups (broad SMARTS) is 1. The van der Waals surface area contributed by atoms with Gasteiger partial charge in [0.15, 0.2) is 0 Å². The largest absolute Gasteiger partial charge is 0.480 e. The van der Waals surface area contributed by atoms with Gasteiger partial charge < -0.3 is 15.2 Å². The van der Waals surface area contributed by atoms with Gasteiger partial charge in [0.25, 0.3) is 0 Å². The highest BCUT2D eigenvalue weighted by molar-refractivity contribution is 5.73. The molecule has 1 aliphatic heterocycles. The van der Waals surface area contributed by atoms with Crippen LogP contribution in [-0.2, 0) is 28.9 Å². The molecule has 166 valence electrons. The molecule has 1 aliphatic carbocycles. The number of fused-ring (bicyclic) bond motifs is 1. The second-order valence-corrected chi connectivity index (χ2v) is 8.47. The molecule has 1 saturated carbocycles. The van der Waals surface area contributed by atoms with Gasteiger partial charge in [-0.05, 0) is 68.6 Å². The van der Waals surface area contributed by atoms with E-state index in [0.717, 1.165) is 55.9 Å². The summed E-state index contributed by atoms with van der Waals surface area (Å²) in [6.07, 6.45) is 10.3. The number of aryl methyl sites for hydroxylation is 2. The maximum Gasteiger partial charge on any atom is 0.320 e. The Morgan fingerprint density at radius 3 is 3.00 bits per heavy atom. The van der Waals surface area contributed by atoms with Crippen molar-refractivity contribution in [1.82, 2.24) is 20.3 Å². The molecule has 0 aromatic carbocycles. The Morgan fingerprint density at radius 1 is 1.29 bits per heavy atom. The molecule has 0 radical (unpaired) electrons. The number of aromatic nitrogens is 3. The highest BCUT2D eigenvalue weighted by atomic mass is 16.5. The fourth-order valence-electron chi connectivity index (χ4n) is 4.22. The molecule has 4 rings (SSSR count). The van der Waals surface area contributed by atoms with Crippen LogP contribution in [0.4, 0.5) is 5.82 Å². The van der Waals surface area contributed by atoms with E-state index >= 15 is 0 Å². The van der Waals surface area contributed by atoms with Gasteiger partial charge in [-0.25, -0.2) is 15.0 Å². The van der Waals surface area contributed by atoms with Crippen LogP contribution in [0.1, 0.15) is 49.1 Å². The van der Waals surface area contributed by atoms with Crippen LogP contribution in [0.5, 0.6) is 0 Å². The number of carbonyl (C=O) groups is 1. The maximum atomic E-state index is 11.5. The average molecular weight is 426 g/mol. The van der Waals surface area contributed by atoms with Gasteiger partial charge in [-0.1, -0.05) is 6.07 Å². The van der Waals surface area contributed by atoms with E-state index in [4.69, 9.17) is 9.72 Å². The lowest BCUT2D eigenvalue weighted by Gasteiger charge is -2.35. The van der Waals surface area contributed by atoms with Gasteiger partial charge in [-0.3, -0.25) is 10.1 Å². The zero-order valence-electron chi connectivity index (χ0n) is 17.8. The van der Waals surface area contributed by atoms with E-state index in [1.54, 1.807) is 12.3 Å². The van der Waals surface area contributed by atoms with Gasteiger partial charge in [0, 0.05) is 31.6 Å². The molecule has 0 amide bonds. The van der Waals surface area contributed by atoms with Gasteiger partial charge in [0.2, 0.25) is 0 Å². The summed E-state index contributed by atoms with van der Waals surface area (Å²) in [5, 5.41) is 15.9. The number of hydrogen-bond donors (Lipinski definition) is 3. The second kappa shape index (κ2) is 10.6. The van der Waals surface area contributed by atoms with Crippen LogP contribution in [0.25, 0.3) is 0 Å². The summed E-state index contributed by atoms with van der Waals surface area (Å²) in [5.74, 6) is 0.873. The number of pyridine rings is 1. The molecule has 3 heterocycles. The van der Waals surface area contributed by atoms with E-state index in [-0.39, 0.29) is 6.10 Å². The van der Waals surface area contributed by atoms with E-state index in [9.17, 15) is 9.90 Å². The number of ether oxygens (including phenoxy) is 1. The monoisotopic (exact) mass is 425 g/mol. The smallest absolute Gasteiger partial charge is 0.320 e. The van der Waals surface area contributed by atoms with Crippen molar-refractivity contribution in [2.75, 3.05) is 18.5 Å². The van der Waals surface area contributed by atoms with Crippen LogP contribution in [0, 0.1) is 5.92 Å². The fraction of sp³-hybridized carbons (Fsp3) is 0.565. The molecule has 0 bridgehead atoms. The van der Waals surface area contributed by atoms with Crippen molar-refractivity contribution < 1.29 is 14.6 Å². The molecule has 31 heavy (non-hydrogen) atoms. The molecule has 1 unspecified atom stereocenters. The fourth-order valence-corrected chi connectivity index (χ4v) is 4.22. The summed E-state index contributed by atoms with van der Waals surface area (Å²) >= 11 is 0. The predicted octanol–water partition coefficient (Wildman–Crippen LogP) is 2.59. The SMILES string of the molecule is O=C(O)C(CCOC1CC(CCc2ccc3c(n2)NCCC3)C1)NCc1ccncn1. The first-order valence-corrected chi connectivity index (χ1v) is 11.2. The minimum atomic E-state index is -0.865. The molecule has 3 N–H and O–H groups in total. The summed E-state index contributed by atoms with van der Waals surface area (Å²) in [6, 6.07) is 5.51. The number of carboxylic acids is 1. The number of hydrogen-bond acceptors (Lipinski definition) is 7. The van der Waals surface area contributed by atoms with Crippen LogP contribution in [-0.4, -0.2) is 51.3 Å². The van der Waals surface area contributed by atoms with Crippen LogP contribution < -0.4 is 10.6 Å². The summed E-state index contributed by atoms with van der Waals surface area (Å²) in [7, 11) is 0. The number of anilines is 1. The molecule has 8 heteroatoms. The number of rotatable bonds is 11. The first-order valence-electron chi connectivity index (χ1n) is 11.2. The topological polar surface area (TPSA) is 109 Å². The Hall–Kier alpha value is -2.58. The van der Waals surface area contributed by atoms with Gasteiger partial charge in [0.1, 0.15) is 18.2 Å². The van der Waals surface area contributed by atoms with E-state index in [1.807, 2.05) is 0 Å². The lowest BCUT2D eigenvalue weighted by atomic mass is 9.79. The first-order chi connectivity index (χ1) is 15.2. The number of aliphatic carboxylic acids is 1. The summed E-state index contributed by atoms with van der Waals surface area (Å²) in [6.45, 7) is 1.87. The van der Waals surface area contributed by atoms with Crippen molar-refractivity contribution in [3.8, 4) is 0 Å². The zero-order chi connectivity index (χ0) is 21.5. The van der Waals surface area contributed by atoms with E-state index in [0.29, 0.717) is 25.5 Å². The molecule has 2 aliphatic rings. The van der Waals surface area contributed by atoms with Gasteiger partial charge in [-0.2, -0.15) is 0 Å². The van der Waals surface area contributed by atoms with Gasteiger partial charge in [0.05, 0.1) is 11.8 Å². The maximum absolute atomic E-state index is 11.5. The number of nitrogens with one attached hydrogen (secondary N) is 2. The minimum Gasteiger partial charge on any atom is -0.480 e. The third-order valence-electron chi connectivity index (χ3n) is 6.18. The third-order valence-corrected chi connectivity index (χ3v) is 6.18. The molecule has 2 aromatic rings. The van der Waals surface area contributed by atoms with Crippen LogP contribution in [0.15, 0.2) is 30.7 Å². The lowest BCUT2D eigenvalue weighted by molar-refractivity contribution is -0.140. The highest BCUT2D eigenvalue weighted by Crippen LogP contribution is 2.34. The normalized spacial score (nSPS) is 20.9. The van der Waals surface area contributed by atoms with Gasteiger partial charge in [-0.15, -0.1) is 0 Å². The molecule has 2 aromatic heterocycles. The Balaban J connectivity index is 1.11. The summed E-state index contributed by atoms with van der Waals surface area (Å²) in [5.41, 5.74) is 3.27. The molecular weight excluding hydrogens is 394 g/mol. The van der Waals surface area contributed by atoms with Crippen molar-refractivity contribution in [1.29, 1.82) is 0 Å². The second-order valence-electron chi connectivity index (χ2n) is 8.47. The Kier molecular flexibility index (Phi) is 7.43. The third kappa shape index (κ3) is 6.21. The van der Waals surface area contributed by atoms with Crippen LogP contribution in [0.3, 0.4) is 0 Å². The Bertz CT molecular complexity index is 858. The predicted molar refractivity (Wildman–Crippen MR) is 117 cm³/mol. The van der Waals surface area contributed by atoms with E-state index in [1.165, 1.54) is 18.3 Å². The Labute approximate surface area is 182 Å². The first kappa shape index (κ1) is 21.6. The number of nitrogens with zero attached hydrogens (tertiary/aromatic N) is 3. The lowest BCUT2D eigenvalue weighted by Crippen LogP contribution is -2.38. The van der Waals surface area contributed by atoms with E-state index < -0.39 is 12.0 Å². The van der Waals surface area contributed by atoms with Crippen LogP contribution in [0.2, 0.25) is 0 Å². The molecule has 1 atom stereocenters. The zero-order valence-corrected chi connectivity index (χ0v) is 17.8. The molecule has 8 nitrogen and oxygen atoms in total. The van der Waals surface area contributed by atoms with Crippen molar-refractivity contribution >= 4 is 11.8 Å². The summed E-state index contributed by atoms with van der Waals surface area (Å²) in [4.78, 5) is 24.2. The van der Waals surface area contributed by atoms with E-state index in [2.05, 4.69) is 32.7 Å². The quantitative estimate of drug-likeness (QED) is 0.504. The molecule has 1 fully saturated rings. The molecule has 0 saturated heterocycles. The van der Waals surface area contributed by atoms with Crippen molar-refractivity contribution in [2.45, 2.75) is 63.6 Å². The van der Waals surface area contributed by atoms with Gasteiger partial charge >= 0.3 is 5.97 Å². The highest BCUT2D eigenvalue weighted by Gasteiger charge is 2.30. The van der Waals surface area contributed by atoms with Crippen molar-refractivity contribution in [2.24, 2.45) is 5.92 Å². The van der Waals surface area contributed by atoms with Crippen molar-refractivity contribution in [3.05, 3.63) is 47.7 Å². The Morgan fingerprint density at radius 2 is 2.19 bits per heavy atom. The summed E-state index contributed by atoms with van der Waals surface area (Å²) < 4.78 is 5.91.